The summed E-state index contributed by atoms with van der Waals surface area (Å²) in [6.07, 6.45) is -1.63. The van der Waals surface area contributed by atoms with Gasteiger partial charge in [-0.15, -0.1) is 13.2 Å². The first-order chi connectivity index (χ1) is 11.3. The van der Waals surface area contributed by atoms with Crippen LogP contribution in [-0.4, -0.2) is 22.2 Å². The highest BCUT2D eigenvalue weighted by Gasteiger charge is 2.33. The van der Waals surface area contributed by atoms with Gasteiger partial charge in [0.05, 0.1) is 11.1 Å². The number of carbonyl (C=O) groups is 1. The molecule has 1 atom stereocenters. The molecule has 1 aromatic heterocycles. The summed E-state index contributed by atoms with van der Waals surface area (Å²) in [4.78, 5) is 18.1. The smallest absolute Gasteiger partial charge is 0.404 e. The number of nitrogens with zero attached hydrogens (tertiary/aromatic N) is 2. The van der Waals surface area contributed by atoms with Gasteiger partial charge in [-0.3, -0.25) is 9.78 Å². The zero-order chi connectivity index (χ0) is 17.5. The van der Waals surface area contributed by atoms with Gasteiger partial charge < -0.3 is 9.64 Å². The van der Waals surface area contributed by atoms with E-state index in [1.165, 1.54) is 12.1 Å². The molecule has 0 fully saturated rings. The van der Waals surface area contributed by atoms with E-state index >= 15 is 0 Å². The van der Waals surface area contributed by atoms with Crippen LogP contribution in [-0.2, 0) is 6.54 Å². The molecular formula is C16H12ClF3N2O2. The number of pyridine rings is 1. The standard InChI is InChI=1S/C16H12ClF3N2O2/c1-9(22-8-11-7-21-5-4-12(11)15(22)23)10-2-3-14(13(17)6-10)24-16(18,19)20/h2-7,9H,8H2,1H3. The quantitative estimate of drug-likeness (QED) is 0.821. The molecule has 0 aliphatic carbocycles. The van der Waals surface area contributed by atoms with Crippen molar-refractivity contribution >= 4 is 17.5 Å². The van der Waals surface area contributed by atoms with Crippen LogP contribution in [0.4, 0.5) is 13.2 Å². The molecule has 0 bridgehead atoms. The monoisotopic (exact) mass is 356 g/mol. The van der Waals surface area contributed by atoms with Gasteiger partial charge in [-0.05, 0) is 30.7 Å². The molecule has 1 unspecified atom stereocenters. The Morgan fingerprint density at radius 2 is 2.08 bits per heavy atom. The van der Waals surface area contributed by atoms with Crippen LogP contribution < -0.4 is 4.74 Å². The number of alkyl halides is 3. The number of rotatable bonds is 3. The highest BCUT2D eigenvalue weighted by molar-refractivity contribution is 6.32. The predicted octanol–water partition coefficient (Wildman–Crippen LogP) is 4.35. The van der Waals surface area contributed by atoms with E-state index < -0.39 is 12.1 Å². The van der Waals surface area contributed by atoms with Crippen molar-refractivity contribution in [2.45, 2.75) is 25.9 Å². The van der Waals surface area contributed by atoms with Crippen molar-refractivity contribution < 1.29 is 22.7 Å². The number of aromatic nitrogens is 1. The average Bonchev–Trinajstić information content (AvgIpc) is 2.85. The molecule has 0 saturated heterocycles. The van der Waals surface area contributed by atoms with Crippen LogP contribution in [0, 0.1) is 0 Å². The largest absolute Gasteiger partial charge is 0.573 e. The minimum atomic E-state index is -4.81. The van der Waals surface area contributed by atoms with E-state index in [9.17, 15) is 18.0 Å². The molecule has 2 heterocycles. The van der Waals surface area contributed by atoms with Gasteiger partial charge in [0, 0.05) is 30.1 Å². The van der Waals surface area contributed by atoms with Crippen molar-refractivity contribution in [2.75, 3.05) is 0 Å². The minimum absolute atomic E-state index is 0.147. The first kappa shape index (κ1) is 16.6. The van der Waals surface area contributed by atoms with Crippen LogP contribution in [0.5, 0.6) is 5.75 Å². The van der Waals surface area contributed by atoms with Crippen LogP contribution in [0.3, 0.4) is 0 Å². The molecule has 24 heavy (non-hydrogen) atoms. The van der Waals surface area contributed by atoms with Gasteiger partial charge in [-0.2, -0.15) is 0 Å². The third-order valence-corrected chi connectivity index (χ3v) is 4.16. The lowest BCUT2D eigenvalue weighted by atomic mass is 10.1. The number of carbonyl (C=O) groups excluding carboxylic acids is 1. The fraction of sp³-hybridized carbons (Fsp3) is 0.250. The summed E-state index contributed by atoms with van der Waals surface area (Å²) in [6.45, 7) is 2.18. The molecule has 1 aliphatic heterocycles. The second kappa shape index (κ2) is 5.98. The van der Waals surface area contributed by atoms with Gasteiger partial charge in [0.1, 0.15) is 5.75 Å². The number of fused-ring (bicyclic) bond motifs is 1. The third-order valence-electron chi connectivity index (χ3n) is 3.87. The Morgan fingerprint density at radius 1 is 1.33 bits per heavy atom. The van der Waals surface area contributed by atoms with Crippen LogP contribution in [0.2, 0.25) is 5.02 Å². The Morgan fingerprint density at radius 3 is 2.71 bits per heavy atom. The van der Waals surface area contributed by atoms with Gasteiger partial charge in [0.2, 0.25) is 0 Å². The molecule has 0 spiro atoms. The van der Waals surface area contributed by atoms with Gasteiger partial charge in [-0.1, -0.05) is 17.7 Å². The summed E-state index contributed by atoms with van der Waals surface area (Å²) < 4.78 is 40.7. The van der Waals surface area contributed by atoms with Gasteiger partial charge >= 0.3 is 6.36 Å². The highest BCUT2D eigenvalue weighted by atomic mass is 35.5. The predicted molar refractivity (Wildman–Crippen MR) is 80.7 cm³/mol. The summed E-state index contributed by atoms with van der Waals surface area (Å²) >= 11 is 5.87. The molecule has 4 nitrogen and oxygen atoms in total. The van der Waals surface area contributed by atoms with Crippen molar-refractivity contribution in [1.29, 1.82) is 0 Å². The fourth-order valence-electron chi connectivity index (χ4n) is 2.65. The molecule has 0 N–H and O–H groups in total. The van der Waals surface area contributed by atoms with Gasteiger partial charge in [0.15, 0.2) is 0 Å². The highest BCUT2D eigenvalue weighted by Crippen LogP contribution is 2.35. The molecule has 126 valence electrons. The van der Waals surface area contributed by atoms with Crippen molar-refractivity contribution in [3.8, 4) is 5.75 Å². The number of ether oxygens (including phenoxy) is 1. The lowest BCUT2D eigenvalue weighted by molar-refractivity contribution is -0.274. The van der Waals surface area contributed by atoms with Gasteiger partial charge in [-0.25, -0.2) is 0 Å². The number of hydrogen-bond donors (Lipinski definition) is 0. The third kappa shape index (κ3) is 3.17. The first-order valence-corrected chi connectivity index (χ1v) is 7.43. The molecule has 0 radical (unpaired) electrons. The minimum Gasteiger partial charge on any atom is -0.404 e. The maximum atomic E-state index is 12.4. The molecule has 8 heteroatoms. The van der Waals surface area contributed by atoms with E-state index in [0.717, 1.165) is 11.6 Å². The summed E-state index contributed by atoms with van der Waals surface area (Å²) in [7, 11) is 0. The second-order valence-electron chi connectivity index (χ2n) is 5.38. The number of halogens is 4. The maximum Gasteiger partial charge on any atom is 0.573 e. The molecular weight excluding hydrogens is 345 g/mol. The normalized spacial score (nSPS) is 15.4. The molecule has 1 aliphatic rings. The van der Waals surface area contributed by atoms with E-state index in [1.807, 2.05) is 0 Å². The Bertz CT molecular complexity index is 795. The Kier molecular flexibility index (Phi) is 4.13. The molecule has 1 amide bonds. The van der Waals surface area contributed by atoms with E-state index in [1.54, 1.807) is 30.3 Å². The van der Waals surface area contributed by atoms with E-state index in [-0.39, 0.29) is 17.0 Å². The molecule has 3 rings (SSSR count). The topological polar surface area (TPSA) is 42.4 Å². The van der Waals surface area contributed by atoms with E-state index in [2.05, 4.69) is 9.72 Å². The van der Waals surface area contributed by atoms with E-state index in [0.29, 0.717) is 17.7 Å². The van der Waals surface area contributed by atoms with Gasteiger partial charge in [0.25, 0.3) is 5.91 Å². The lowest BCUT2D eigenvalue weighted by Gasteiger charge is -2.25. The molecule has 2 aromatic rings. The van der Waals surface area contributed by atoms with Crippen LogP contribution in [0.1, 0.15) is 34.5 Å². The summed E-state index contributed by atoms with van der Waals surface area (Å²) in [5.74, 6) is -0.619. The number of hydrogen-bond acceptors (Lipinski definition) is 3. The molecule has 0 saturated carbocycles. The average molecular weight is 357 g/mol. The molecule has 1 aromatic carbocycles. The Hall–Kier alpha value is -2.28. The Balaban J connectivity index is 1.83. The lowest BCUT2D eigenvalue weighted by Crippen LogP contribution is -2.27. The summed E-state index contributed by atoms with van der Waals surface area (Å²) in [6, 6.07) is 5.28. The zero-order valence-corrected chi connectivity index (χ0v) is 13.2. The summed E-state index contributed by atoms with van der Waals surface area (Å²) in [5.41, 5.74) is 2.01. The maximum absolute atomic E-state index is 12.4. The van der Waals surface area contributed by atoms with E-state index in [4.69, 9.17) is 11.6 Å². The van der Waals surface area contributed by atoms with Crippen LogP contribution in [0.15, 0.2) is 36.7 Å². The SMILES string of the molecule is CC(c1ccc(OC(F)(F)F)c(Cl)c1)N1Cc2cnccc2C1=O. The number of benzene rings is 1. The summed E-state index contributed by atoms with van der Waals surface area (Å²) in [5, 5.41) is -0.164. The number of amides is 1. The zero-order valence-electron chi connectivity index (χ0n) is 12.5. The van der Waals surface area contributed by atoms with Crippen molar-refractivity contribution in [2.24, 2.45) is 0 Å². The van der Waals surface area contributed by atoms with Crippen LogP contribution >= 0.6 is 11.6 Å². The fourth-order valence-corrected chi connectivity index (χ4v) is 2.88. The second-order valence-corrected chi connectivity index (χ2v) is 5.79. The Labute approximate surface area is 140 Å². The van der Waals surface area contributed by atoms with Crippen molar-refractivity contribution in [3.05, 3.63) is 58.4 Å². The first-order valence-electron chi connectivity index (χ1n) is 7.05. The van der Waals surface area contributed by atoms with Crippen molar-refractivity contribution in [3.63, 3.8) is 0 Å². The van der Waals surface area contributed by atoms with Crippen LogP contribution in [0.25, 0.3) is 0 Å². The van der Waals surface area contributed by atoms with Crippen molar-refractivity contribution in [1.82, 2.24) is 9.88 Å².